The highest BCUT2D eigenvalue weighted by Gasteiger charge is 2.26. The summed E-state index contributed by atoms with van der Waals surface area (Å²) >= 11 is 0. The Balaban J connectivity index is 1.16. The van der Waals surface area contributed by atoms with Crippen LogP contribution in [-0.2, 0) is 0 Å². The molecule has 0 fully saturated rings. The maximum atomic E-state index is 5.32. The number of hydrogen-bond acceptors (Lipinski definition) is 3. The van der Waals surface area contributed by atoms with Crippen LogP contribution in [0, 0.1) is 0 Å². The first-order valence-electron chi connectivity index (χ1n) is 17.6. The van der Waals surface area contributed by atoms with Crippen molar-refractivity contribution in [2.45, 2.75) is 0 Å². The van der Waals surface area contributed by atoms with Crippen LogP contribution in [0.25, 0.3) is 111 Å². The van der Waals surface area contributed by atoms with Crippen molar-refractivity contribution in [1.29, 1.82) is 0 Å². The number of rotatable bonds is 3. The smallest absolute Gasteiger partial charge is 0.184 e. The first kappa shape index (κ1) is 27.7. The molecule has 5 heteroatoms. The molecule has 0 saturated heterocycles. The van der Waals surface area contributed by atoms with Gasteiger partial charge in [-0.15, -0.1) is 5.10 Å². The summed E-state index contributed by atoms with van der Waals surface area (Å²) in [6.45, 7) is 0. The van der Waals surface area contributed by atoms with E-state index in [1.807, 2.05) is 22.7 Å². The zero-order valence-electron chi connectivity index (χ0n) is 27.8. The van der Waals surface area contributed by atoms with E-state index >= 15 is 0 Å². The summed E-state index contributed by atoms with van der Waals surface area (Å²) in [4.78, 5) is 10.5. The molecule has 0 spiro atoms. The van der Waals surface area contributed by atoms with E-state index in [1.165, 1.54) is 49.2 Å². The van der Waals surface area contributed by atoms with Crippen molar-refractivity contribution >= 4 is 60.0 Å². The summed E-state index contributed by atoms with van der Waals surface area (Å²) in [7, 11) is 0. The van der Waals surface area contributed by atoms with E-state index in [2.05, 4.69) is 150 Å². The van der Waals surface area contributed by atoms with Crippen LogP contribution in [0.2, 0.25) is 0 Å². The second-order valence-electron chi connectivity index (χ2n) is 13.6. The monoisotopic (exact) mass is 661 g/mol. The Morgan fingerprint density at radius 1 is 0.404 bits per heavy atom. The van der Waals surface area contributed by atoms with Crippen LogP contribution in [-0.4, -0.2) is 24.1 Å². The van der Waals surface area contributed by atoms with E-state index in [9.17, 15) is 0 Å². The number of benzene rings is 8. The molecule has 52 heavy (non-hydrogen) atoms. The minimum atomic E-state index is 0.654. The quantitative estimate of drug-likeness (QED) is 0.189. The standard InChI is InChI=1S/C47H27N5/c1-2-12-30-27-31(24-23-28(30)11-1)45-47-49-46(50-52(47)39-21-8-6-19-37(39)48-45)36-16-5-7-20-38(36)51-40-22-10-18-35-33-15-4-3-14-32(33)34-17-9-13-29-25-26-41(51)44(42(29)34)43(35)40/h1-27H. The molecule has 5 nitrogen and oxygen atoms in total. The highest BCUT2D eigenvalue weighted by atomic mass is 15.3. The fourth-order valence-electron chi connectivity index (χ4n) is 8.63. The SMILES string of the molecule is c1ccc2c(c1)-c1cccc3ccc4c(c13)c1c-2cccc1n4-c1ccccc1-c1nc2c(-c3ccc4ccccc4c3)nc3ccccc3n2n1. The molecule has 240 valence electrons. The molecule has 11 aromatic rings. The number of para-hydroxylation sites is 3. The molecule has 0 atom stereocenters. The molecule has 0 N–H and O–H groups in total. The van der Waals surface area contributed by atoms with Crippen molar-refractivity contribution in [3.05, 3.63) is 164 Å². The summed E-state index contributed by atoms with van der Waals surface area (Å²) in [6, 6.07) is 58.4. The van der Waals surface area contributed by atoms with Gasteiger partial charge in [-0.25, -0.2) is 14.5 Å². The molecule has 0 saturated carbocycles. The Morgan fingerprint density at radius 2 is 1.04 bits per heavy atom. The van der Waals surface area contributed by atoms with Gasteiger partial charge in [-0.2, -0.15) is 0 Å². The molecule has 1 aliphatic rings. The first-order chi connectivity index (χ1) is 25.8. The molecule has 0 bridgehead atoms. The van der Waals surface area contributed by atoms with E-state index in [-0.39, 0.29) is 0 Å². The lowest BCUT2D eigenvalue weighted by atomic mass is 9.93. The second-order valence-corrected chi connectivity index (χ2v) is 13.6. The van der Waals surface area contributed by atoms with Crippen LogP contribution in [0.4, 0.5) is 0 Å². The van der Waals surface area contributed by atoms with Gasteiger partial charge in [0.2, 0.25) is 0 Å². The molecule has 1 aliphatic carbocycles. The van der Waals surface area contributed by atoms with Crippen LogP contribution in [0.1, 0.15) is 0 Å². The third-order valence-electron chi connectivity index (χ3n) is 10.9. The maximum absolute atomic E-state index is 5.32. The van der Waals surface area contributed by atoms with Gasteiger partial charge < -0.3 is 4.57 Å². The molecule has 3 heterocycles. The Kier molecular flexibility index (Phi) is 5.44. The first-order valence-corrected chi connectivity index (χ1v) is 17.6. The molecule has 0 aliphatic heterocycles. The number of nitrogens with zero attached hydrogens (tertiary/aromatic N) is 5. The molecular formula is C47H27N5. The highest BCUT2D eigenvalue weighted by Crippen LogP contribution is 2.50. The van der Waals surface area contributed by atoms with Crippen LogP contribution in [0.3, 0.4) is 0 Å². The fraction of sp³-hybridized carbons (Fsp3) is 0. The van der Waals surface area contributed by atoms with Gasteiger partial charge in [-0.1, -0.05) is 121 Å². The lowest BCUT2D eigenvalue weighted by Crippen LogP contribution is -1.99. The molecular weight excluding hydrogens is 635 g/mol. The molecule has 3 aromatic heterocycles. The topological polar surface area (TPSA) is 48.0 Å². The van der Waals surface area contributed by atoms with E-state index in [1.54, 1.807) is 0 Å². The minimum Gasteiger partial charge on any atom is -0.308 e. The Labute approximate surface area is 297 Å². The maximum Gasteiger partial charge on any atom is 0.184 e. The van der Waals surface area contributed by atoms with Gasteiger partial charge in [-0.05, 0) is 86.3 Å². The van der Waals surface area contributed by atoms with Gasteiger partial charge >= 0.3 is 0 Å². The number of aromatic nitrogens is 5. The summed E-state index contributed by atoms with van der Waals surface area (Å²) in [5.74, 6) is 0.654. The zero-order valence-corrected chi connectivity index (χ0v) is 27.8. The third kappa shape index (κ3) is 3.69. The van der Waals surface area contributed by atoms with Crippen LogP contribution in [0.15, 0.2) is 164 Å². The van der Waals surface area contributed by atoms with Crippen molar-refractivity contribution in [1.82, 2.24) is 24.1 Å². The predicted octanol–water partition coefficient (Wildman–Crippen LogP) is 11.7. The van der Waals surface area contributed by atoms with Crippen molar-refractivity contribution in [3.63, 3.8) is 0 Å². The second kappa shape index (κ2) is 10.2. The van der Waals surface area contributed by atoms with E-state index in [0.29, 0.717) is 5.82 Å². The lowest BCUT2D eigenvalue weighted by molar-refractivity contribution is 0.999. The van der Waals surface area contributed by atoms with Crippen molar-refractivity contribution in [2.24, 2.45) is 0 Å². The summed E-state index contributed by atoms with van der Waals surface area (Å²) in [5, 5.41) is 12.7. The molecule has 0 radical (unpaired) electrons. The van der Waals surface area contributed by atoms with Crippen molar-refractivity contribution in [3.8, 4) is 50.6 Å². The van der Waals surface area contributed by atoms with Crippen molar-refractivity contribution in [2.75, 3.05) is 0 Å². The number of fused-ring (bicyclic) bond motifs is 7. The average molecular weight is 662 g/mol. The van der Waals surface area contributed by atoms with Gasteiger partial charge in [0, 0.05) is 21.9 Å². The van der Waals surface area contributed by atoms with E-state index in [0.717, 1.165) is 55.6 Å². The highest BCUT2D eigenvalue weighted by molar-refractivity contribution is 6.30. The van der Waals surface area contributed by atoms with Gasteiger partial charge in [0.05, 0.1) is 27.8 Å². The van der Waals surface area contributed by atoms with Crippen LogP contribution < -0.4 is 0 Å². The van der Waals surface area contributed by atoms with Gasteiger partial charge in [-0.3, -0.25) is 0 Å². The van der Waals surface area contributed by atoms with Crippen LogP contribution in [0.5, 0.6) is 0 Å². The van der Waals surface area contributed by atoms with Gasteiger partial charge in [0.15, 0.2) is 11.5 Å². The Hall–Kier alpha value is -7.11. The summed E-state index contributed by atoms with van der Waals surface area (Å²) in [5.41, 5.74) is 13.7. The van der Waals surface area contributed by atoms with Crippen LogP contribution >= 0.6 is 0 Å². The summed E-state index contributed by atoms with van der Waals surface area (Å²) < 4.78 is 4.39. The van der Waals surface area contributed by atoms with Crippen molar-refractivity contribution < 1.29 is 0 Å². The molecule has 12 rings (SSSR count). The molecule has 0 unspecified atom stereocenters. The Morgan fingerprint density at radius 3 is 1.92 bits per heavy atom. The van der Waals surface area contributed by atoms with E-state index in [4.69, 9.17) is 15.1 Å². The van der Waals surface area contributed by atoms with Gasteiger partial charge in [0.1, 0.15) is 5.69 Å². The third-order valence-corrected chi connectivity index (χ3v) is 10.9. The lowest BCUT2D eigenvalue weighted by Gasteiger charge is -2.15. The largest absolute Gasteiger partial charge is 0.308 e. The molecule has 8 aromatic carbocycles. The number of hydrogen-bond donors (Lipinski definition) is 0. The van der Waals surface area contributed by atoms with Gasteiger partial charge in [0.25, 0.3) is 0 Å². The average Bonchev–Trinajstić information content (AvgIpc) is 3.77. The summed E-state index contributed by atoms with van der Waals surface area (Å²) in [6.07, 6.45) is 0. The normalized spacial score (nSPS) is 12.2. The minimum absolute atomic E-state index is 0.654. The predicted molar refractivity (Wildman–Crippen MR) is 213 cm³/mol. The van der Waals surface area contributed by atoms with E-state index < -0.39 is 0 Å². The zero-order chi connectivity index (χ0) is 33.9. The molecule has 0 amide bonds. The Bertz CT molecular complexity index is 3310. The fourth-order valence-corrected chi connectivity index (χ4v) is 8.63.